The fourth-order valence-corrected chi connectivity index (χ4v) is 2.32. The number of benzene rings is 1. The minimum absolute atomic E-state index is 0.0464. The highest BCUT2D eigenvalue weighted by Crippen LogP contribution is 2.32. The molecule has 112 valence electrons. The second-order valence-corrected chi connectivity index (χ2v) is 4.83. The van der Waals surface area contributed by atoms with E-state index >= 15 is 0 Å². The van der Waals surface area contributed by atoms with Crippen LogP contribution in [0, 0.1) is 0 Å². The number of hydrogen-bond donors (Lipinski definition) is 2. The summed E-state index contributed by atoms with van der Waals surface area (Å²) < 4.78 is 39.1. The van der Waals surface area contributed by atoms with Crippen molar-refractivity contribution in [3.05, 3.63) is 35.4 Å². The first-order chi connectivity index (χ1) is 9.75. The molecule has 0 radical (unpaired) electrons. The monoisotopic (exact) mass is 317 g/mol. The summed E-state index contributed by atoms with van der Waals surface area (Å²) in [5.74, 6) is -1.50. The number of aromatic carboxylic acids is 1. The minimum Gasteiger partial charge on any atom is -0.477 e. The molecule has 5 nitrogen and oxygen atoms in total. The van der Waals surface area contributed by atoms with Gasteiger partial charge in [-0.05, 0) is 24.5 Å². The average molecular weight is 317 g/mol. The van der Waals surface area contributed by atoms with Crippen molar-refractivity contribution < 1.29 is 23.1 Å². The van der Waals surface area contributed by atoms with Crippen LogP contribution in [-0.2, 0) is 6.18 Å². The summed E-state index contributed by atoms with van der Waals surface area (Å²) in [5, 5.41) is 13.2. The lowest BCUT2D eigenvalue weighted by Gasteiger charge is -2.09. The molecule has 0 unspecified atom stereocenters. The number of nitrogens with two attached hydrogens (primary N) is 1. The summed E-state index contributed by atoms with van der Waals surface area (Å²) in [6.07, 6.45) is -2.90. The van der Waals surface area contributed by atoms with Gasteiger partial charge in [-0.15, -0.1) is 11.8 Å². The number of carboxylic acids is 1. The van der Waals surface area contributed by atoms with Gasteiger partial charge in [0, 0.05) is 0 Å². The SMILES string of the molecule is CSc1nn(-c2cccc(C(F)(F)F)c2)c(N)c1C(=O)O. The Hall–Kier alpha value is -2.16. The normalized spacial score (nSPS) is 11.6. The molecule has 1 aromatic carbocycles. The van der Waals surface area contributed by atoms with E-state index in [0.29, 0.717) is 0 Å². The molecule has 0 bridgehead atoms. The predicted octanol–water partition coefficient (Wildman–Crippen LogP) is 2.89. The van der Waals surface area contributed by atoms with Crippen LogP contribution < -0.4 is 5.73 Å². The lowest BCUT2D eigenvalue weighted by atomic mass is 10.2. The zero-order valence-corrected chi connectivity index (χ0v) is 11.5. The molecule has 0 amide bonds. The molecule has 0 atom stereocenters. The number of halogens is 3. The average Bonchev–Trinajstić information content (AvgIpc) is 2.75. The fraction of sp³-hybridized carbons (Fsp3) is 0.167. The molecule has 1 aromatic heterocycles. The number of aromatic nitrogens is 2. The van der Waals surface area contributed by atoms with Crippen LogP contribution in [0.4, 0.5) is 19.0 Å². The van der Waals surface area contributed by atoms with E-state index in [1.54, 1.807) is 6.26 Å². The number of carbonyl (C=O) groups is 1. The van der Waals surface area contributed by atoms with Crippen molar-refractivity contribution in [1.82, 2.24) is 9.78 Å². The Morgan fingerprint density at radius 1 is 1.43 bits per heavy atom. The first-order valence-electron chi connectivity index (χ1n) is 5.59. The lowest BCUT2D eigenvalue weighted by Crippen LogP contribution is -2.08. The summed E-state index contributed by atoms with van der Waals surface area (Å²) in [5.41, 5.74) is 4.66. The summed E-state index contributed by atoms with van der Waals surface area (Å²) in [7, 11) is 0. The van der Waals surface area contributed by atoms with E-state index in [0.717, 1.165) is 28.6 Å². The molecule has 0 saturated carbocycles. The molecule has 0 aliphatic rings. The van der Waals surface area contributed by atoms with Crippen LogP contribution in [0.15, 0.2) is 29.3 Å². The van der Waals surface area contributed by atoms with Crippen LogP contribution in [0.1, 0.15) is 15.9 Å². The first-order valence-corrected chi connectivity index (χ1v) is 6.81. The minimum atomic E-state index is -4.50. The Morgan fingerprint density at radius 3 is 2.57 bits per heavy atom. The quantitative estimate of drug-likeness (QED) is 0.851. The molecule has 0 aliphatic carbocycles. The fourth-order valence-electron chi connectivity index (χ4n) is 1.76. The van der Waals surface area contributed by atoms with Gasteiger partial charge >= 0.3 is 12.1 Å². The van der Waals surface area contributed by atoms with E-state index in [-0.39, 0.29) is 22.1 Å². The number of alkyl halides is 3. The van der Waals surface area contributed by atoms with Crippen molar-refractivity contribution in [2.24, 2.45) is 0 Å². The Kier molecular flexibility index (Phi) is 3.86. The van der Waals surface area contributed by atoms with Gasteiger partial charge in [-0.25, -0.2) is 9.48 Å². The number of thioether (sulfide) groups is 1. The predicted molar refractivity (Wildman–Crippen MR) is 71.7 cm³/mol. The van der Waals surface area contributed by atoms with E-state index in [4.69, 9.17) is 10.8 Å². The first kappa shape index (κ1) is 15.2. The third-order valence-corrected chi connectivity index (χ3v) is 3.39. The summed E-state index contributed by atoms with van der Waals surface area (Å²) >= 11 is 1.05. The van der Waals surface area contributed by atoms with E-state index in [1.807, 2.05) is 0 Å². The summed E-state index contributed by atoms with van der Waals surface area (Å²) in [6, 6.07) is 4.35. The zero-order chi connectivity index (χ0) is 15.8. The number of hydrogen-bond acceptors (Lipinski definition) is 4. The Bertz CT molecular complexity index is 698. The van der Waals surface area contributed by atoms with Crippen molar-refractivity contribution >= 4 is 23.5 Å². The highest BCUT2D eigenvalue weighted by Gasteiger charge is 2.31. The van der Waals surface area contributed by atoms with E-state index in [9.17, 15) is 18.0 Å². The third kappa shape index (κ3) is 2.82. The van der Waals surface area contributed by atoms with Crippen molar-refractivity contribution in [2.45, 2.75) is 11.2 Å². The van der Waals surface area contributed by atoms with Gasteiger partial charge < -0.3 is 10.8 Å². The van der Waals surface area contributed by atoms with Gasteiger partial charge in [-0.3, -0.25) is 0 Å². The molecule has 2 aromatic rings. The van der Waals surface area contributed by atoms with Gasteiger partial charge in [0.05, 0.1) is 11.3 Å². The van der Waals surface area contributed by atoms with Crippen LogP contribution in [0.5, 0.6) is 0 Å². The highest BCUT2D eigenvalue weighted by molar-refractivity contribution is 7.98. The van der Waals surface area contributed by atoms with Crippen LogP contribution in [0.3, 0.4) is 0 Å². The van der Waals surface area contributed by atoms with Crippen molar-refractivity contribution in [3.8, 4) is 5.69 Å². The van der Waals surface area contributed by atoms with E-state index in [1.165, 1.54) is 12.1 Å². The van der Waals surface area contributed by atoms with Crippen LogP contribution in [0.25, 0.3) is 5.69 Å². The van der Waals surface area contributed by atoms with Gasteiger partial charge in [0.1, 0.15) is 16.4 Å². The number of nitrogen functional groups attached to an aromatic ring is 1. The Morgan fingerprint density at radius 2 is 2.10 bits per heavy atom. The van der Waals surface area contributed by atoms with E-state index < -0.39 is 17.7 Å². The zero-order valence-electron chi connectivity index (χ0n) is 10.7. The molecule has 9 heteroatoms. The van der Waals surface area contributed by atoms with E-state index in [2.05, 4.69) is 5.10 Å². The molecule has 0 saturated heterocycles. The number of rotatable bonds is 3. The molecular formula is C12H10F3N3O2S. The van der Waals surface area contributed by atoms with Gasteiger partial charge in [0.15, 0.2) is 0 Å². The maximum atomic E-state index is 12.7. The van der Waals surface area contributed by atoms with Gasteiger partial charge in [-0.2, -0.15) is 18.3 Å². The third-order valence-electron chi connectivity index (χ3n) is 2.71. The molecule has 0 spiro atoms. The molecular weight excluding hydrogens is 307 g/mol. The van der Waals surface area contributed by atoms with Crippen molar-refractivity contribution in [3.63, 3.8) is 0 Å². The molecule has 21 heavy (non-hydrogen) atoms. The molecule has 3 N–H and O–H groups in total. The molecule has 1 heterocycles. The lowest BCUT2D eigenvalue weighted by molar-refractivity contribution is -0.137. The molecule has 0 aliphatic heterocycles. The molecule has 0 fully saturated rings. The van der Waals surface area contributed by atoms with Gasteiger partial charge in [-0.1, -0.05) is 6.07 Å². The summed E-state index contributed by atoms with van der Waals surface area (Å²) in [4.78, 5) is 11.1. The molecule has 2 rings (SSSR count). The maximum absolute atomic E-state index is 12.7. The van der Waals surface area contributed by atoms with Crippen molar-refractivity contribution in [1.29, 1.82) is 0 Å². The maximum Gasteiger partial charge on any atom is 0.416 e. The number of carboxylic acid groups (broad SMARTS) is 1. The second-order valence-electron chi connectivity index (χ2n) is 4.03. The van der Waals surface area contributed by atoms with Gasteiger partial charge in [0.2, 0.25) is 0 Å². The second kappa shape index (κ2) is 5.32. The topological polar surface area (TPSA) is 81.1 Å². The highest BCUT2D eigenvalue weighted by atomic mass is 32.2. The largest absolute Gasteiger partial charge is 0.477 e. The van der Waals surface area contributed by atoms with Crippen molar-refractivity contribution in [2.75, 3.05) is 12.0 Å². The Balaban J connectivity index is 2.60. The Labute approximate surface area is 121 Å². The number of anilines is 1. The van der Waals surface area contributed by atoms with Crippen LogP contribution in [0.2, 0.25) is 0 Å². The smallest absolute Gasteiger partial charge is 0.416 e. The summed E-state index contributed by atoms with van der Waals surface area (Å²) in [6.45, 7) is 0. The standard InChI is InChI=1S/C12H10F3N3O2S/c1-21-10-8(11(19)20)9(16)18(17-10)7-4-2-3-6(5-7)12(13,14)15/h2-5H,16H2,1H3,(H,19,20). The number of nitrogens with zero attached hydrogens (tertiary/aromatic N) is 2. The van der Waals surface area contributed by atoms with Crippen LogP contribution in [-0.4, -0.2) is 27.1 Å². The van der Waals surface area contributed by atoms with Crippen LogP contribution >= 0.6 is 11.8 Å². The van der Waals surface area contributed by atoms with Gasteiger partial charge in [0.25, 0.3) is 0 Å².